The summed E-state index contributed by atoms with van der Waals surface area (Å²) in [4.78, 5) is 25.1. The number of nitrogens with zero attached hydrogens (tertiary/aromatic N) is 1. The van der Waals surface area contributed by atoms with Crippen LogP contribution in [0.1, 0.15) is 19.3 Å². The van der Waals surface area contributed by atoms with Gasteiger partial charge in [-0.2, -0.15) is 0 Å². The molecule has 9 heteroatoms. The topological polar surface area (TPSA) is 104 Å². The van der Waals surface area contributed by atoms with Crippen molar-refractivity contribution in [1.82, 2.24) is 10.2 Å². The highest BCUT2D eigenvalue weighted by Crippen LogP contribution is 2.45. The quantitative estimate of drug-likeness (QED) is 0.760. The molecule has 118 valence electrons. The van der Waals surface area contributed by atoms with Crippen LogP contribution in [-0.2, 0) is 14.6 Å². The fraction of sp³-hybridized carbons (Fsp3) is 0.833. The summed E-state index contributed by atoms with van der Waals surface area (Å²) in [6.45, 7) is 0. The van der Waals surface area contributed by atoms with Gasteiger partial charge >= 0.3 is 12.0 Å². The zero-order valence-electron chi connectivity index (χ0n) is 11.4. The van der Waals surface area contributed by atoms with Gasteiger partial charge in [-0.25, -0.2) is 18.0 Å². The van der Waals surface area contributed by atoms with E-state index in [0.29, 0.717) is 18.1 Å². The molecule has 21 heavy (non-hydrogen) atoms. The average molecular weight is 334 g/mol. The van der Waals surface area contributed by atoms with Gasteiger partial charge in [-0.05, 0) is 25.2 Å². The molecule has 2 aliphatic heterocycles. The molecule has 2 saturated heterocycles. The molecule has 7 nitrogen and oxygen atoms in total. The van der Waals surface area contributed by atoms with Crippen molar-refractivity contribution in [2.75, 3.05) is 17.3 Å². The average Bonchev–Trinajstić information content (AvgIpc) is 3.03. The molecular weight excluding hydrogens is 316 g/mol. The number of carbonyl (C=O) groups is 2. The number of rotatable bonds is 3. The first kappa shape index (κ1) is 15.0. The summed E-state index contributed by atoms with van der Waals surface area (Å²) in [5, 5.41) is 11.9. The van der Waals surface area contributed by atoms with Crippen LogP contribution in [0.4, 0.5) is 4.79 Å². The minimum Gasteiger partial charge on any atom is -0.480 e. The Morgan fingerprint density at radius 3 is 2.48 bits per heavy atom. The summed E-state index contributed by atoms with van der Waals surface area (Å²) in [5.74, 6) is -0.197. The predicted molar refractivity (Wildman–Crippen MR) is 77.8 cm³/mol. The van der Waals surface area contributed by atoms with Gasteiger partial charge in [-0.15, -0.1) is 11.8 Å². The number of carbonyl (C=O) groups excluding carboxylic acids is 1. The Morgan fingerprint density at radius 1 is 1.24 bits per heavy atom. The molecule has 0 bridgehead atoms. The van der Waals surface area contributed by atoms with Gasteiger partial charge in [0.15, 0.2) is 9.84 Å². The minimum absolute atomic E-state index is 0.0500. The standard InChI is InChI=1S/C12H18N2O5S2/c15-11(16)9-5-20-10(7-1-2-7)14(9)12(17)13-8-3-4-21(18,19)6-8/h7-10H,1-6H2,(H,13,17)(H,15,16). The molecule has 0 aromatic heterocycles. The highest BCUT2D eigenvalue weighted by Gasteiger charge is 2.48. The second-order valence-corrected chi connectivity index (χ2v) is 9.25. The summed E-state index contributed by atoms with van der Waals surface area (Å²) in [6.07, 6.45) is 2.44. The van der Waals surface area contributed by atoms with Crippen molar-refractivity contribution in [1.29, 1.82) is 0 Å². The first-order valence-electron chi connectivity index (χ1n) is 7.01. The number of aliphatic carboxylic acids is 1. The van der Waals surface area contributed by atoms with Crippen LogP contribution in [0.5, 0.6) is 0 Å². The molecule has 0 aromatic carbocycles. The summed E-state index contributed by atoms with van der Waals surface area (Å²) >= 11 is 1.51. The van der Waals surface area contributed by atoms with E-state index in [1.807, 2.05) is 0 Å². The van der Waals surface area contributed by atoms with Crippen molar-refractivity contribution < 1.29 is 23.1 Å². The predicted octanol–water partition coefficient (Wildman–Crippen LogP) is 0.121. The smallest absolute Gasteiger partial charge is 0.327 e. The van der Waals surface area contributed by atoms with Crippen molar-refractivity contribution in [2.45, 2.75) is 36.7 Å². The highest BCUT2D eigenvalue weighted by atomic mass is 32.2. The van der Waals surface area contributed by atoms with Crippen LogP contribution in [0.2, 0.25) is 0 Å². The Kier molecular flexibility index (Phi) is 3.81. The van der Waals surface area contributed by atoms with Crippen LogP contribution in [0, 0.1) is 5.92 Å². The lowest BCUT2D eigenvalue weighted by molar-refractivity contribution is -0.141. The SMILES string of the molecule is O=C(O)C1CSC(C2CC2)N1C(=O)NC1CCS(=O)(=O)C1. The maximum atomic E-state index is 12.4. The molecular formula is C12H18N2O5S2. The molecule has 1 aliphatic carbocycles. The molecule has 1 saturated carbocycles. The summed E-state index contributed by atoms with van der Waals surface area (Å²) < 4.78 is 22.9. The fourth-order valence-electron chi connectivity index (χ4n) is 2.88. The van der Waals surface area contributed by atoms with E-state index in [1.165, 1.54) is 16.7 Å². The molecule has 0 spiro atoms. The van der Waals surface area contributed by atoms with E-state index >= 15 is 0 Å². The number of carboxylic acids is 1. The van der Waals surface area contributed by atoms with Gasteiger partial charge in [0.2, 0.25) is 0 Å². The third-order valence-electron chi connectivity index (χ3n) is 4.14. The van der Waals surface area contributed by atoms with E-state index in [2.05, 4.69) is 5.32 Å². The molecule has 0 aromatic rings. The lowest BCUT2D eigenvalue weighted by atomic mass is 10.2. The van der Waals surface area contributed by atoms with Gasteiger partial charge in [-0.3, -0.25) is 4.90 Å². The Labute approximate surface area is 127 Å². The molecule has 2 amide bonds. The number of amides is 2. The molecule has 0 radical (unpaired) electrons. The lowest BCUT2D eigenvalue weighted by Crippen LogP contribution is -2.53. The van der Waals surface area contributed by atoms with E-state index in [0.717, 1.165) is 12.8 Å². The van der Waals surface area contributed by atoms with Gasteiger partial charge in [0.1, 0.15) is 6.04 Å². The Hall–Kier alpha value is -0.960. The van der Waals surface area contributed by atoms with Gasteiger partial charge in [-0.1, -0.05) is 0 Å². The maximum Gasteiger partial charge on any atom is 0.327 e. The normalized spacial score (nSPS) is 34.9. The molecule has 3 rings (SSSR count). The lowest BCUT2D eigenvalue weighted by Gasteiger charge is -2.28. The molecule has 2 N–H and O–H groups in total. The number of carboxylic acid groups (broad SMARTS) is 1. The molecule has 2 heterocycles. The highest BCUT2D eigenvalue weighted by molar-refractivity contribution is 8.00. The molecule has 3 atom stereocenters. The number of urea groups is 1. The summed E-state index contributed by atoms with van der Waals surface area (Å²) in [7, 11) is -3.07. The van der Waals surface area contributed by atoms with E-state index in [4.69, 9.17) is 0 Å². The van der Waals surface area contributed by atoms with E-state index in [1.54, 1.807) is 0 Å². The first-order valence-corrected chi connectivity index (χ1v) is 9.88. The number of hydrogen-bond donors (Lipinski definition) is 2. The van der Waals surface area contributed by atoms with Gasteiger partial charge in [0, 0.05) is 11.8 Å². The fourth-order valence-corrected chi connectivity index (χ4v) is 6.18. The third kappa shape index (κ3) is 3.13. The Morgan fingerprint density at radius 2 is 1.95 bits per heavy atom. The second-order valence-electron chi connectivity index (χ2n) is 5.87. The van der Waals surface area contributed by atoms with E-state index in [9.17, 15) is 23.1 Å². The molecule has 3 aliphatic rings. The molecule has 3 unspecified atom stereocenters. The zero-order valence-corrected chi connectivity index (χ0v) is 13.0. The van der Waals surface area contributed by atoms with Crippen LogP contribution in [0.15, 0.2) is 0 Å². The monoisotopic (exact) mass is 334 g/mol. The number of hydrogen-bond acceptors (Lipinski definition) is 5. The van der Waals surface area contributed by atoms with Crippen molar-refractivity contribution in [3.63, 3.8) is 0 Å². The maximum absolute atomic E-state index is 12.4. The van der Waals surface area contributed by atoms with Gasteiger partial charge < -0.3 is 10.4 Å². The second kappa shape index (κ2) is 5.35. The number of nitrogens with one attached hydrogen (secondary N) is 1. The Balaban J connectivity index is 1.69. The van der Waals surface area contributed by atoms with Crippen molar-refractivity contribution in [2.24, 2.45) is 5.92 Å². The first-order chi connectivity index (χ1) is 9.87. The third-order valence-corrected chi connectivity index (χ3v) is 7.37. The van der Waals surface area contributed by atoms with Crippen LogP contribution in [-0.4, -0.2) is 65.1 Å². The van der Waals surface area contributed by atoms with Crippen LogP contribution in [0.25, 0.3) is 0 Å². The van der Waals surface area contributed by atoms with Gasteiger partial charge in [0.25, 0.3) is 0 Å². The van der Waals surface area contributed by atoms with Crippen LogP contribution < -0.4 is 5.32 Å². The Bertz CT molecular complexity index is 560. The van der Waals surface area contributed by atoms with Crippen LogP contribution >= 0.6 is 11.8 Å². The van der Waals surface area contributed by atoms with Crippen molar-refractivity contribution in [3.05, 3.63) is 0 Å². The van der Waals surface area contributed by atoms with E-state index < -0.39 is 33.9 Å². The molecule has 3 fully saturated rings. The van der Waals surface area contributed by atoms with Crippen molar-refractivity contribution in [3.8, 4) is 0 Å². The summed E-state index contributed by atoms with van der Waals surface area (Å²) in [6, 6.07) is -1.66. The largest absolute Gasteiger partial charge is 0.480 e. The van der Waals surface area contributed by atoms with Crippen molar-refractivity contribution >= 4 is 33.6 Å². The van der Waals surface area contributed by atoms with Gasteiger partial charge in [0.05, 0.1) is 16.9 Å². The zero-order chi connectivity index (χ0) is 15.2. The number of sulfone groups is 1. The summed E-state index contributed by atoms with van der Waals surface area (Å²) in [5.41, 5.74) is 0. The minimum atomic E-state index is -3.07. The number of thioether (sulfide) groups is 1. The van der Waals surface area contributed by atoms with Crippen LogP contribution in [0.3, 0.4) is 0 Å². The van der Waals surface area contributed by atoms with E-state index in [-0.39, 0.29) is 16.9 Å².